The van der Waals surface area contributed by atoms with Crippen molar-refractivity contribution in [1.82, 2.24) is 0 Å². The predicted molar refractivity (Wildman–Crippen MR) is 123 cm³/mol. The number of allylic oxidation sites excluding steroid dienone is 2. The van der Waals surface area contributed by atoms with Crippen molar-refractivity contribution in [3.63, 3.8) is 0 Å². The summed E-state index contributed by atoms with van der Waals surface area (Å²) in [7, 11) is 0. The highest BCUT2D eigenvalue weighted by molar-refractivity contribution is 6.06. The number of rotatable bonds is 0. The van der Waals surface area contributed by atoms with E-state index in [-0.39, 0.29) is 35.4 Å². The van der Waals surface area contributed by atoms with Crippen molar-refractivity contribution < 1.29 is 44.7 Å². The van der Waals surface area contributed by atoms with Gasteiger partial charge in [-0.25, -0.2) is 0 Å². The molecule has 3 aromatic carbocycles. The maximum atomic E-state index is 16.2. The largest absolute Gasteiger partial charge is 0.340 e. The Kier molecular flexibility index (Phi) is 4.04. The molecule has 0 amide bonds. The van der Waals surface area contributed by atoms with Crippen LogP contribution in [0.15, 0.2) is 60.7 Å². The number of ketones is 2. The minimum atomic E-state index is -5.06. The number of hydrogen-bond acceptors (Lipinski definition) is 2. The Labute approximate surface area is 220 Å². The van der Waals surface area contributed by atoms with E-state index in [9.17, 15) is 9.59 Å². The number of Topliss-reactive ketones (excluding diaryl/α,β-unsaturated/α-hetero) is 2. The summed E-state index contributed by atoms with van der Waals surface area (Å²) in [5.41, 5.74) is -9.43. The lowest BCUT2D eigenvalue weighted by Crippen LogP contribution is -2.42. The first-order valence-electron chi connectivity index (χ1n) is 12.5. The standard InChI is InChI=1S/C30H14F8O2/c31-27(32)15-7-8-16-20-14-6-5-13(19(15)20)25(39)21-11-3-1-2-4-12(11)22(26(14)40)24-18(30(37,38)28(16,33)34)10-9-17(23(21)24)29(27,35)36/h1-10,13-14,21-22H/t13-,14+,21+,22-. The van der Waals surface area contributed by atoms with Crippen molar-refractivity contribution in [2.24, 2.45) is 0 Å². The van der Waals surface area contributed by atoms with E-state index in [1.807, 2.05) is 0 Å². The summed E-state index contributed by atoms with van der Waals surface area (Å²) in [5, 5.41) is 0. The zero-order valence-corrected chi connectivity index (χ0v) is 19.9. The van der Waals surface area contributed by atoms with E-state index in [1.54, 1.807) is 0 Å². The van der Waals surface area contributed by atoms with Crippen molar-refractivity contribution in [3.8, 4) is 0 Å². The van der Waals surface area contributed by atoms with Crippen LogP contribution in [0.25, 0.3) is 0 Å². The van der Waals surface area contributed by atoms with Gasteiger partial charge in [0.2, 0.25) is 0 Å². The van der Waals surface area contributed by atoms with E-state index in [4.69, 9.17) is 0 Å². The van der Waals surface area contributed by atoms with E-state index in [2.05, 4.69) is 0 Å². The van der Waals surface area contributed by atoms with Crippen LogP contribution in [0.2, 0.25) is 0 Å². The van der Waals surface area contributed by atoms with Gasteiger partial charge in [0.15, 0.2) is 11.6 Å². The molecule has 202 valence electrons. The molecular weight excluding hydrogens is 544 g/mol. The summed E-state index contributed by atoms with van der Waals surface area (Å²) in [4.78, 5) is 28.7. The molecule has 0 unspecified atom stereocenters. The van der Waals surface area contributed by atoms with Crippen molar-refractivity contribution in [2.45, 2.75) is 47.4 Å². The molecule has 5 aliphatic rings. The lowest BCUT2D eigenvalue weighted by atomic mass is 9.61. The molecule has 4 bridgehead atoms. The zero-order valence-electron chi connectivity index (χ0n) is 19.9. The number of carbonyl (C=O) groups excluding carboxylic acids is 2. The van der Waals surface area contributed by atoms with Gasteiger partial charge in [-0.05, 0) is 33.4 Å². The third-order valence-electron chi connectivity index (χ3n) is 9.21. The molecule has 0 spiro atoms. The summed E-state index contributed by atoms with van der Waals surface area (Å²) in [5.74, 6) is -29.2. The Morgan fingerprint density at radius 2 is 0.750 bits per heavy atom. The molecule has 10 heteroatoms. The van der Waals surface area contributed by atoms with Crippen LogP contribution in [-0.4, -0.2) is 11.6 Å². The van der Waals surface area contributed by atoms with Gasteiger partial charge in [-0.1, -0.05) is 60.7 Å². The first-order valence-corrected chi connectivity index (χ1v) is 12.5. The molecule has 0 saturated carbocycles. The van der Waals surface area contributed by atoms with Crippen LogP contribution < -0.4 is 0 Å². The molecule has 2 nitrogen and oxygen atoms in total. The monoisotopic (exact) mass is 558 g/mol. The van der Waals surface area contributed by atoms with E-state index < -0.39 is 103 Å². The van der Waals surface area contributed by atoms with Gasteiger partial charge in [0, 0.05) is 22.3 Å². The fraction of sp³-hybridized carbons (Fsp3) is 0.267. The molecule has 0 heterocycles. The third kappa shape index (κ3) is 2.29. The second-order valence-corrected chi connectivity index (χ2v) is 10.9. The molecule has 40 heavy (non-hydrogen) atoms. The number of carbonyl (C=O) groups is 2. The molecule has 0 fully saturated rings. The molecule has 0 saturated heterocycles. The molecule has 5 aliphatic carbocycles. The second-order valence-electron chi connectivity index (χ2n) is 10.9. The Balaban J connectivity index is 1.76. The lowest BCUT2D eigenvalue weighted by molar-refractivity contribution is -0.228. The maximum absolute atomic E-state index is 16.2. The van der Waals surface area contributed by atoms with Gasteiger partial charge in [-0.15, -0.1) is 0 Å². The van der Waals surface area contributed by atoms with Crippen molar-refractivity contribution >= 4 is 11.6 Å². The van der Waals surface area contributed by atoms with Crippen LogP contribution >= 0.6 is 0 Å². The van der Waals surface area contributed by atoms with E-state index in [0.717, 1.165) is 12.2 Å². The lowest BCUT2D eigenvalue weighted by Gasteiger charge is -2.40. The fourth-order valence-corrected chi connectivity index (χ4v) is 7.52. The van der Waals surface area contributed by atoms with Crippen LogP contribution in [0.1, 0.15) is 79.3 Å². The topological polar surface area (TPSA) is 34.1 Å². The van der Waals surface area contributed by atoms with Crippen LogP contribution in [0, 0.1) is 0 Å². The Bertz CT molecular complexity index is 1660. The molecule has 0 aromatic heterocycles. The van der Waals surface area contributed by atoms with Gasteiger partial charge in [-0.2, -0.15) is 35.1 Å². The average Bonchev–Trinajstić information content (AvgIpc) is 2.94. The van der Waals surface area contributed by atoms with Crippen molar-refractivity contribution in [1.29, 1.82) is 0 Å². The minimum Gasteiger partial charge on any atom is -0.298 e. The highest BCUT2D eigenvalue weighted by atomic mass is 19.3. The highest BCUT2D eigenvalue weighted by Crippen LogP contribution is 2.66. The van der Waals surface area contributed by atoms with Gasteiger partial charge in [0.05, 0.1) is 23.7 Å². The quantitative estimate of drug-likeness (QED) is 0.215. The van der Waals surface area contributed by atoms with Crippen molar-refractivity contribution in [3.05, 3.63) is 116 Å². The Morgan fingerprint density at radius 1 is 0.450 bits per heavy atom. The highest BCUT2D eigenvalue weighted by Gasteiger charge is 2.69. The Hall–Kier alpha value is -3.82. The van der Waals surface area contributed by atoms with Gasteiger partial charge < -0.3 is 0 Å². The van der Waals surface area contributed by atoms with Crippen LogP contribution in [0.5, 0.6) is 0 Å². The van der Waals surface area contributed by atoms with Gasteiger partial charge in [-0.3, -0.25) is 9.59 Å². The number of alkyl halides is 8. The van der Waals surface area contributed by atoms with E-state index >= 15 is 35.1 Å². The maximum Gasteiger partial charge on any atom is 0.340 e. The molecule has 0 radical (unpaired) electrons. The van der Waals surface area contributed by atoms with Crippen LogP contribution in [0.3, 0.4) is 0 Å². The van der Waals surface area contributed by atoms with E-state index in [1.165, 1.54) is 24.3 Å². The van der Waals surface area contributed by atoms with Crippen LogP contribution in [0.4, 0.5) is 35.1 Å². The van der Waals surface area contributed by atoms with Gasteiger partial charge in [0.1, 0.15) is 0 Å². The summed E-state index contributed by atoms with van der Waals surface area (Å²) >= 11 is 0. The summed E-state index contributed by atoms with van der Waals surface area (Å²) in [6.45, 7) is 0. The molecular formula is C30H14F8O2. The van der Waals surface area contributed by atoms with Crippen LogP contribution in [-0.2, 0) is 33.3 Å². The molecule has 3 aromatic rings. The molecule has 4 atom stereocenters. The molecule has 0 aliphatic heterocycles. The predicted octanol–water partition coefficient (Wildman–Crippen LogP) is 7.25. The first kappa shape index (κ1) is 24.0. The average molecular weight is 558 g/mol. The van der Waals surface area contributed by atoms with E-state index in [0.29, 0.717) is 0 Å². The normalized spacial score (nSPS) is 29.8. The third-order valence-corrected chi connectivity index (χ3v) is 9.21. The number of halogens is 8. The first-order chi connectivity index (χ1) is 18.7. The Morgan fingerprint density at radius 3 is 1.07 bits per heavy atom. The van der Waals surface area contributed by atoms with Crippen molar-refractivity contribution in [2.75, 3.05) is 0 Å². The number of benzene rings is 3. The molecule has 0 N–H and O–H groups in total. The smallest absolute Gasteiger partial charge is 0.298 e. The summed E-state index contributed by atoms with van der Waals surface area (Å²) in [6.07, 6.45) is 2.17. The molecule has 8 rings (SSSR count). The van der Waals surface area contributed by atoms with Gasteiger partial charge >= 0.3 is 23.7 Å². The second kappa shape index (κ2) is 6.72. The van der Waals surface area contributed by atoms with Gasteiger partial charge in [0.25, 0.3) is 0 Å². The fourth-order valence-electron chi connectivity index (χ4n) is 7.52. The summed E-state index contributed by atoms with van der Waals surface area (Å²) < 4.78 is 129. The number of hydrogen-bond donors (Lipinski definition) is 0. The minimum absolute atomic E-state index is 0.0206. The SMILES string of the molecule is O=C1[C@@H]2c3ccccc3[C@@H]3C(=O)[C@@H]4C=C[C@H]1c1c5ccc(c14)C(F)(F)C(F)(F)c1ccc(c2c13)C(F)(F)C5(F)F. The zero-order chi connectivity index (χ0) is 28.3. The summed E-state index contributed by atoms with van der Waals surface area (Å²) in [6, 6.07) is 6.72.